The first-order chi connectivity index (χ1) is 10.8. The second kappa shape index (κ2) is 8.86. The van der Waals surface area contributed by atoms with Gasteiger partial charge in [-0.3, -0.25) is 0 Å². The van der Waals surface area contributed by atoms with Crippen LogP contribution in [0.2, 0.25) is 0 Å². The third-order valence-corrected chi connectivity index (χ3v) is 6.51. The van der Waals surface area contributed by atoms with Gasteiger partial charge in [-0.05, 0) is 34.6 Å². The molecule has 0 saturated carbocycles. The Bertz CT molecular complexity index is 557. The van der Waals surface area contributed by atoms with Crippen molar-refractivity contribution in [2.75, 3.05) is 19.6 Å². The van der Waals surface area contributed by atoms with Crippen LogP contribution in [0.25, 0.3) is 4.13 Å². The summed E-state index contributed by atoms with van der Waals surface area (Å²) in [6.07, 6.45) is 0. The molecule has 0 aromatic carbocycles. The quantitative estimate of drug-likeness (QED) is 0.484. The second-order valence-corrected chi connectivity index (χ2v) is 8.60. The predicted molar refractivity (Wildman–Crippen MR) is 80.3 cm³/mol. The first-order valence-electron chi connectivity index (χ1n) is 7.06. The maximum Gasteiger partial charge on any atom is 0.480 e. The highest BCUT2D eigenvalue weighted by Crippen LogP contribution is 2.36. The maximum atomic E-state index is 11.4. The lowest BCUT2D eigenvalue weighted by molar-refractivity contribution is -0.943. The molecule has 0 N–H and O–H groups in total. The average molecular weight is 424 g/mol. The largest absolute Gasteiger partial charge is 0.480 e. The molecule has 0 aliphatic heterocycles. The summed E-state index contributed by atoms with van der Waals surface area (Å²) in [6, 6.07) is 0.778. The van der Waals surface area contributed by atoms with Crippen molar-refractivity contribution in [1.29, 1.82) is 0 Å². The van der Waals surface area contributed by atoms with E-state index in [9.17, 15) is 43.2 Å². The molecule has 0 spiro atoms. The van der Waals surface area contributed by atoms with Crippen LogP contribution in [0.3, 0.4) is 0 Å². The zero-order valence-electron chi connectivity index (χ0n) is 14.3. The van der Waals surface area contributed by atoms with Crippen LogP contribution in [0.4, 0.5) is 26.3 Å². The molecular formula is C11H22F6N2O4S2. The van der Waals surface area contributed by atoms with E-state index >= 15 is 0 Å². The van der Waals surface area contributed by atoms with Crippen LogP contribution in [0, 0.1) is 0 Å². The van der Waals surface area contributed by atoms with Crippen molar-refractivity contribution in [3.05, 3.63) is 4.13 Å². The summed E-state index contributed by atoms with van der Waals surface area (Å²) in [5.74, 6) is 0. The smallest absolute Gasteiger partial charge is 0.421 e. The Hall–Kier alpha value is -0.600. The van der Waals surface area contributed by atoms with Crippen molar-refractivity contribution in [3.8, 4) is 0 Å². The lowest BCUT2D eigenvalue weighted by Crippen LogP contribution is -2.52. The van der Waals surface area contributed by atoms with Gasteiger partial charge < -0.3 is 8.61 Å². The van der Waals surface area contributed by atoms with Crippen molar-refractivity contribution in [2.24, 2.45) is 0 Å². The number of halogens is 6. The highest BCUT2D eigenvalue weighted by Gasteiger charge is 2.46. The molecule has 0 aromatic rings. The molecule has 0 bridgehead atoms. The zero-order valence-corrected chi connectivity index (χ0v) is 15.9. The Morgan fingerprint density at radius 1 is 0.760 bits per heavy atom. The summed E-state index contributed by atoms with van der Waals surface area (Å²) in [4.78, 5) is 0. The van der Waals surface area contributed by atoms with Gasteiger partial charge in [-0.1, -0.05) is 0 Å². The molecule has 25 heavy (non-hydrogen) atoms. The fourth-order valence-electron chi connectivity index (χ4n) is 1.98. The van der Waals surface area contributed by atoms with Crippen LogP contribution in [0.5, 0.6) is 0 Å². The van der Waals surface area contributed by atoms with Crippen LogP contribution in [-0.4, -0.2) is 58.0 Å². The van der Waals surface area contributed by atoms with Gasteiger partial charge >= 0.3 is 11.0 Å². The molecule has 0 atom stereocenters. The number of rotatable bonds is 6. The van der Waals surface area contributed by atoms with E-state index in [0.717, 1.165) is 10.2 Å². The number of hydrogen-bond donors (Lipinski definition) is 0. The van der Waals surface area contributed by atoms with Gasteiger partial charge in [0.2, 0.25) is 0 Å². The zero-order chi connectivity index (χ0) is 20.9. The molecule has 0 aromatic heterocycles. The SMILES string of the molecule is CC[N+](CC)(CC)C(C)C.O=S(=O)([N-]S(=O)(=O)C(F)(F)F)C(F)(F)F. The van der Waals surface area contributed by atoms with Gasteiger partial charge in [0.15, 0.2) is 20.0 Å². The molecular weight excluding hydrogens is 402 g/mol. The first kappa shape index (κ1) is 26.6. The van der Waals surface area contributed by atoms with E-state index in [1.165, 1.54) is 24.1 Å². The van der Waals surface area contributed by atoms with E-state index in [2.05, 4.69) is 34.6 Å². The van der Waals surface area contributed by atoms with Crippen LogP contribution in [-0.2, 0) is 20.0 Å². The topological polar surface area (TPSA) is 82.4 Å². The predicted octanol–water partition coefficient (Wildman–Crippen LogP) is 3.33. The highest BCUT2D eigenvalue weighted by molar-refractivity contribution is 8.13. The minimum atomic E-state index is -6.72. The maximum absolute atomic E-state index is 11.4. The van der Waals surface area contributed by atoms with Crippen molar-refractivity contribution in [1.82, 2.24) is 0 Å². The van der Waals surface area contributed by atoms with Crippen LogP contribution >= 0.6 is 0 Å². The van der Waals surface area contributed by atoms with Gasteiger partial charge in [0.1, 0.15) is 0 Å². The minimum Gasteiger partial charge on any atom is -0.421 e. The second-order valence-electron chi connectivity index (χ2n) is 5.18. The summed E-state index contributed by atoms with van der Waals surface area (Å²) in [5, 5.41) is 0. The Kier molecular flexibility index (Phi) is 9.44. The van der Waals surface area contributed by atoms with E-state index in [-0.39, 0.29) is 0 Å². The van der Waals surface area contributed by atoms with Crippen molar-refractivity contribution in [3.63, 3.8) is 0 Å². The first-order valence-corrected chi connectivity index (χ1v) is 9.94. The molecule has 0 aliphatic carbocycles. The molecule has 0 unspecified atom stereocenters. The molecule has 0 radical (unpaired) electrons. The molecule has 0 heterocycles. The molecule has 0 saturated heterocycles. The van der Waals surface area contributed by atoms with Gasteiger partial charge in [0, 0.05) is 0 Å². The Balaban J connectivity index is 0. The minimum absolute atomic E-state index is 0.778. The standard InChI is InChI=1S/C9H22N.C2F6NO4S2/c1-6-10(7-2,8-3)9(4)5;3-1(4,5)14(10,11)9-15(12,13)2(6,7)8/h9H,6-8H2,1-5H3;/q+1;-1. The van der Waals surface area contributed by atoms with Crippen LogP contribution in [0.15, 0.2) is 0 Å². The Labute approximate surface area is 143 Å². The van der Waals surface area contributed by atoms with E-state index < -0.39 is 31.1 Å². The normalized spacial score (nSPS) is 14.2. The Morgan fingerprint density at radius 3 is 1.08 bits per heavy atom. The lowest BCUT2D eigenvalue weighted by Gasteiger charge is -2.39. The summed E-state index contributed by atoms with van der Waals surface area (Å²) in [5.41, 5.74) is -12.4. The number of sulfonamides is 2. The van der Waals surface area contributed by atoms with E-state index in [1.807, 2.05) is 0 Å². The van der Waals surface area contributed by atoms with Crippen molar-refractivity contribution < 1.29 is 47.7 Å². The molecule has 6 nitrogen and oxygen atoms in total. The molecule has 154 valence electrons. The number of nitrogens with zero attached hydrogens (tertiary/aromatic N) is 2. The van der Waals surface area contributed by atoms with E-state index in [4.69, 9.17) is 0 Å². The number of alkyl halides is 6. The summed E-state index contributed by atoms with van der Waals surface area (Å²) < 4.78 is 110. The fourth-order valence-corrected chi connectivity index (χ4v) is 3.69. The third-order valence-electron chi connectivity index (χ3n) is 3.77. The van der Waals surface area contributed by atoms with Crippen molar-refractivity contribution in [2.45, 2.75) is 51.7 Å². The number of quaternary nitrogens is 1. The average Bonchev–Trinajstić information content (AvgIpc) is 2.38. The van der Waals surface area contributed by atoms with Gasteiger partial charge in [0.25, 0.3) is 0 Å². The van der Waals surface area contributed by atoms with Crippen LogP contribution < -0.4 is 0 Å². The van der Waals surface area contributed by atoms with Gasteiger partial charge in [-0.2, -0.15) is 26.3 Å². The van der Waals surface area contributed by atoms with Gasteiger partial charge in [-0.15, -0.1) is 0 Å². The third kappa shape index (κ3) is 7.27. The number of hydrogen-bond acceptors (Lipinski definition) is 4. The monoisotopic (exact) mass is 424 g/mol. The molecule has 0 amide bonds. The van der Waals surface area contributed by atoms with E-state index in [0.29, 0.717) is 0 Å². The summed E-state index contributed by atoms with van der Waals surface area (Å²) >= 11 is 0. The Morgan fingerprint density at radius 2 is 1.00 bits per heavy atom. The molecule has 0 fully saturated rings. The van der Waals surface area contributed by atoms with Gasteiger partial charge in [-0.25, -0.2) is 16.8 Å². The lowest BCUT2D eigenvalue weighted by atomic mass is 10.2. The van der Waals surface area contributed by atoms with Crippen molar-refractivity contribution >= 4 is 20.0 Å². The fraction of sp³-hybridized carbons (Fsp3) is 1.00. The molecule has 0 aliphatic rings. The highest BCUT2D eigenvalue weighted by atomic mass is 32.3. The summed E-state index contributed by atoms with van der Waals surface area (Å²) in [7, 11) is -13.4. The van der Waals surface area contributed by atoms with E-state index in [1.54, 1.807) is 0 Å². The molecule has 0 rings (SSSR count). The summed E-state index contributed by atoms with van der Waals surface area (Å²) in [6.45, 7) is 15.3. The van der Waals surface area contributed by atoms with Gasteiger partial charge in [0.05, 0.1) is 25.7 Å². The molecule has 14 heteroatoms. The van der Waals surface area contributed by atoms with Crippen LogP contribution in [0.1, 0.15) is 34.6 Å².